The number of aliphatic imine (C=N–C) groups is 1. The number of rotatable bonds is 7. The third-order valence-corrected chi connectivity index (χ3v) is 4.01. The predicted octanol–water partition coefficient (Wildman–Crippen LogP) is 1.26. The van der Waals surface area contributed by atoms with Crippen molar-refractivity contribution in [1.29, 1.82) is 0 Å². The fraction of sp³-hybridized carbons (Fsp3) is 0.533. The van der Waals surface area contributed by atoms with Crippen molar-refractivity contribution >= 4 is 16.8 Å². The molecule has 0 heterocycles. The molecule has 0 saturated heterocycles. The van der Waals surface area contributed by atoms with Crippen LogP contribution in [0.25, 0.3) is 0 Å². The van der Waals surface area contributed by atoms with Gasteiger partial charge in [0.15, 0.2) is 0 Å². The first kappa shape index (κ1) is 18.1. The molecule has 1 rings (SSSR count). The van der Waals surface area contributed by atoms with Gasteiger partial charge in [-0.05, 0) is 13.8 Å². The van der Waals surface area contributed by atoms with Crippen molar-refractivity contribution in [1.82, 2.24) is 0 Å². The lowest BCUT2D eigenvalue weighted by Gasteiger charge is -2.26. The summed E-state index contributed by atoms with van der Waals surface area (Å²) in [5, 5.41) is 29.2. The second-order valence-corrected chi connectivity index (χ2v) is 5.95. The molecule has 21 heavy (non-hydrogen) atoms. The molecule has 6 heteroatoms. The van der Waals surface area contributed by atoms with Crippen LogP contribution in [0.1, 0.15) is 19.4 Å². The van der Waals surface area contributed by atoms with E-state index in [-0.39, 0.29) is 12.0 Å². The van der Waals surface area contributed by atoms with Crippen LogP contribution in [0.2, 0.25) is 0 Å². The van der Waals surface area contributed by atoms with Gasteiger partial charge < -0.3 is 20.1 Å². The molecule has 0 spiro atoms. The van der Waals surface area contributed by atoms with Gasteiger partial charge in [-0.1, -0.05) is 42.1 Å². The van der Waals surface area contributed by atoms with E-state index < -0.39 is 18.3 Å². The number of aliphatic hydroxyl groups is 3. The molecule has 1 unspecified atom stereocenters. The zero-order chi connectivity index (χ0) is 15.8. The minimum atomic E-state index is -1.13. The zero-order valence-electron chi connectivity index (χ0n) is 12.5. The standard InChI is InChI=1S/C15H23NO4S/c1-10(18)14(19)13(9-17)20-11(2)21-15(16-3)12-7-5-4-6-8-12/h4-8,10-11,13-14,17-19H,9H2,1-3H3/t10-,11?,13-,14+/m1/s1. The SMILES string of the molecule is CN=C(SC(C)O[C@H](CO)[C@@H](O)[C@@H](C)O)c1ccccc1. The maximum atomic E-state index is 9.77. The number of benzene rings is 1. The van der Waals surface area contributed by atoms with Gasteiger partial charge >= 0.3 is 0 Å². The van der Waals surface area contributed by atoms with E-state index in [2.05, 4.69) is 4.99 Å². The summed E-state index contributed by atoms with van der Waals surface area (Å²) in [5.74, 6) is 0. The van der Waals surface area contributed by atoms with Crippen molar-refractivity contribution in [3.05, 3.63) is 35.9 Å². The normalized spacial score (nSPS) is 18.1. The van der Waals surface area contributed by atoms with Crippen molar-refractivity contribution < 1.29 is 20.1 Å². The van der Waals surface area contributed by atoms with Crippen molar-refractivity contribution in [2.24, 2.45) is 4.99 Å². The molecule has 0 saturated carbocycles. The highest BCUT2D eigenvalue weighted by Crippen LogP contribution is 2.22. The lowest BCUT2D eigenvalue weighted by molar-refractivity contribution is -0.106. The van der Waals surface area contributed by atoms with Gasteiger partial charge in [0.1, 0.15) is 17.6 Å². The second kappa shape index (κ2) is 9.17. The molecule has 5 nitrogen and oxygen atoms in total. The topological polar surface area (TPSA) is 82.3 Å². The number of nitrogens with zero attached hydrogens (tertiary/aromatic N) is 1. The lowest BCUT2D eigenvalue weighted by atomic mass is 10.1. The maximum Gasteiger partial charge on any atom is 0.110 e. The van der Waals surface area contributed by atoms with E-state index >= 15 is 0 Å². The van der Waals surface area contributed by atoms with Crippen LogP contribution in [0.4, 0.5) is 0 Å². The predicted molar refractivity (Wildman–Crippen MR) is 85.6 cm³/mol. The van der Waals surface area contributed by atoms with E-state index in [1.165, 1.54) is 18.7 Å². The number of ether oxygens (including phenoxy) is 1. The van der Waals surface area contributed by atoms with Crippen LogP contribution in [0.5, 0.6) is 0 Å². The fourth-order valence-electron chi connectivity index (χ4n) is 1.80. The third kappa shape index (κ3) is 5.76. The molecule has 0 aromatic heterocycles. The number of hydrogen-bond acceptors (Lipinski definition) is 6. The molecule has 118 valence electrons. The summed E-state index contributed by atoms with van der Waals surface area (Å²) in [6.07, 6.45) is -2.93. The first-order chi connectivity index (χ1) is 9.99. The minimum Gasteiger partial charge on any atom is -0.394 e. The van der Waals surface area contributed by atoms with Crippen molar-refractivity contribution in [3.63, 3.8) is 0 Å². The Morgan fingerprint density at radius 2 is 1.86 bits per heavy atom. The molecule has 3 N–H and O–H groups in total. The molecule has 1 aromatic rings. The average Bonchev–Trinajstić information content (AvgIpc) is 2.50. The summed E-state index contributed by atoms with van der Waals surface area (Å²) in [4.78, 5) is 4.24. The molecule has 0 aliphatic heterocycles. The first-order valence-electron chi connectivity index (χ1n) is 6.80. The summed E-state index contributed by atoms with van der Waals surface area (Å²) in [7, 11) is 1.70. The van der Waals surface area contributed by atoms with Gasteiger partial charge in [0.05, 0.1) is 17.8 Å². The van der Waals surface area contributed by atoms with Gasteiger partial charge in [-0.25, -0.2) is 0 Å². The Bertz CT molecular complexity index is 439. The highest BCUT2D eigenvalue weighted by Gasteiger charge is 2.26. The molecule has 0 amide bonds. The maximum absolute atomic E-state index is 9.77. The van der Waals surface area contributed by atoms with E-state index in [0.29, 0.717) is 0 Å². The summed E-state index contributed by atoms with van der Waals surface area (Å²) in [5.41, 5.74) is 0.659. The van der Waals surface area contributed by atoms with Gasteiger partial charge in [-0.3, -0.25) is 4.99 Å². The molecule has 0 fully saturated rings. The van der Waals surface area contributed by atoms with Crippen LogP contribution >= 0.6 is 11.8 Å². The lowest BCUT2D eigenvalue weighted by Crippen LogP contribution is -2.41. The monoisotopic (exact) mass is 313 g/mol. The van der Waals surface area contributed by atoms with E-state index in [1.54, 1.807) is 7.05 Å². The van der Waals surface area contributed by atoms with Crippen LogP contribution in [-0.2, 0) is 4.74 Å². The Kier molecular flexibility index (Phi) is 7.92. The third-order valence-electron chi connectivity index (χ3n) is 2.92. The number of hydrogen-bond donors (Lipinski definition) is 3. The second-order valence-electron chi connectivity index (χ2n) is 4.67. The van der Waals surface area contributed by atoms with E-state index in [1.807, 2.05) is 37.3 Å². The van der Waals surface area contributed by atoms with Crippen LogP contribution < -0.4 is 0 Å². The Labute approximate surface area is 129 Å². The van der Waals surface area contributed by atoms with Gasteiger partial charge in [0.2, 0.25) is 0 Å². The van der Waals surface area contributed by atoms with E-state index in [4.69, 9.17) is 4.74 Å². The van der Waals surface area contributed by atoms with E-state index in [9.17, 15) is 15.3 Å². The van der Waals surface area contributed by atoms with Crippen LogP contribution in [-0.4, -0.2) is 57.8 Å². The van der Waals surface area contributed by atoms with Crippen molar-refractivity contribution in [2.75, 3.05) is 13.7 Å². The highest BCUT2D eigenvalue weighted by atomic mass is 32.2. The minimum absolute atomic E-state index is 0.325. The van der Waals surface area contributed by atoms with Gasteiger partial charge in [-0.15, -0.1) is 0 Å². The molecule has 1 aromatic carbocycles. The van der Waals surface area contributed by atoms with Gasteiger partial charge in [0.25, 0.3) is 0 Å². The molecule has 0 radical (unpaired) electrons. The first-order valence-corrected chi connectivity index (χ1v) is 7.68. The van der Waals surface area contributed by atoms with Crippen LogP contribution in [0.15, 0.2) is 35.3 Å². The summed E-state index contributed by atoms with van der Waals surface area (Å²) in [6, 6.07) is 9.70. The quantitative estimate of drug-likeness (QED) is 0.401. The zero-order valence-corrected chi connectivity index (χ0v) is 13.3. The molecule has 0 bridgehead atoms. The van der Waals surface area contributed by atoms with E-state index in [0.717, 1.165) is 10.6 Å². The number of thioether (sulfide) groups is 1. The Morgan fingerprint density at radius 3 is 2.33 bits per heavy atom. The molecule has 0 aliphatic rings. The number of aliphatic hydroxyl groups excluding tert-OH is 3. The van der Waals surface area contributed by atoms with Crippen LogP contribution in [0.3, 0.4) is 0 Å². The van der Waals surface area contributed by atoms with Gasteiger partial charge in [0, 0.05) is 12.6 Å². The van der Waals surface area contributed by atoms with Crippen molar-refractivity contribution in [3.8, 4) is 0 Å². The molecule has 0 aliphatic carbocycles. The molecular weight excluding hydrogens is 290 g/mol. The Balaban J connectivity index is 2.65. The highest BCUT2D eigenvalue weighted by molar-refractivity contribution is 8.14. The Hall–Kier alpha value is -0.920. The Morgan fingerprint density at radius 1 is 1.24 bits per heavy atom. The van der Waals surface area contributed by atoms with Gasteiger partial charge in [-0.2, -0.15) is 0 Å². The molecular formula is C15H23NO4S. The smallest absolute Gasteiger partial charge is 0.110 e. The fourth-order valence-corrected chi connectivity index (χ4v) is 2.69. The largest absolute Gasteiger partial charge is 0.394 e. The summed E-state index contributed by atoms with van der Waals surface area (Å²) < 4.78 is 5.60. The van der Waals surface area contributed by atoms with Crippen LogP contribution in [0, 0.1) is 0 Å². The summed E-state index contributed by atoms with van der Waals surface area (Å²) in [6.45, 7) is 2.91. The average molecular weight is 313 g/mol. The summed E-state index contributed by atoms with van der Waals surface area (Å²) >= 11 is 1.39. The van der Waals surface area contributed by atoms with Crippen molar-refractivity contribution in [2.45, 2.75) is 37.6 Å². The molecule has 4 atom stereocenters.